The van der Waals surface area contributed by atoms with Crippen LogP contribution in [0.1, 0.15) is 61.6 Å². The van der Waals surface area contributed by atoms with Gasteiger partial charge >= 0.3 is 5.97 Å². The molecule has 0 unspecified atom stereocenters. The van der Waals surface area contributed by atoms with Gasteiger partial charge in [-0.2, -0.15) is 0 Å². The Hall–Kier alpha value is -2.33. The second-order valence-corrected chi connectivity index (χ2v) is 9.25. The summed E-state index contributed by atoms with van der Waals surface area (Å²) in [6.45, 7) is 2.73. The molecular formula is C27H35NO3. The molecule has 1 saturated carbocycles. The van der Waals surface area contributed by atoms with Crippen LogP contribution in [0.2, 0.25) is 0 Å². The van der Waals surface area contributed by atoms with Crippen LogP contribution >= 0.6 is 0 Å². The molecule has 1 fully saturated rings. The van der Waals surface area contributed by atoms with Crippen LogP contribution < -0.4 is 10.1 Å². The highest BCUT2D eigenvalue weighted by molar-refractivity contribution is 5.70. The summed E-state index contributed by atoms with van der Waals surface area (Å²) < 4.78 is 6.07. The summed E-state index contributed by atoms with van der Waals surface area (Å²) in [6.07, 6.45) is 9.13. The van der Waals surface area contributed by atoms with Crippen molar-refractivity contribution in [2.45, 2.75) is 63.2 Å². The van der Waals surface area contributed by atoms with Crippen molar-refractivity contribution in [3.63, 3.8) is 0 Å². The molecule has 31 heavy (non-hydrogen) atoms. The minimum atomic E-state index is -0.626. The van der Waals surface area contributed by atoms with Crippen molar-refractivity contribution in [2.24, 2.45) is 5.92 Å². The highest BCUT2D eigenvalue weighted by Gasteiger charge is 2.42. The number of benzene rings is 2. The number of aryl methyl sites for hydroxylation is 2. The van der Waals surface area contributed by atoms with Crippen LogP contribution in [0.4, 0.5) is 0 Å². The molecule has 0 aromatic heterocycles. The second kappa shape index (κ2) is 10.3. The largest absolute Gasteiger partial charge is 0.494 e. The van der Waals surface area contributed by atoms with Gasteiger partial charge in [0.15, 0.2) is 0 Å². The topological polar surface area (TPSA) is 58.6 Å². The fourth-order valence-electron chi connectivity index (χ4n) is 5.38. The van der Waals surface area contributed by atoms with Crippen LogP contribution in [0.3, 0.4) is 0 Å². The molecule has 2 aliphatic rings. The van der Waals surface area contributed by atoms with Gasteiger partial charge in [-0.1, -0.05) is 36.4 Å². The number of carbonyl (C=O) groups is 1. The van der Waals surface area contributed by atoms with Crippen LogP contribution in [0.5, 0.6) is 5.75 Å². The van der Waals surface area contributed by atoms with Crippen molar-refractivity contribution in [1.82, 2.24) is 5.32 Å². The van der Waals surface area contributed by atoms with E-state index in [9.17, 15) is 9.90 Å². The number of ether oxygens (including phenoxy) is 1. The lowest BCUT2D eigenvalue weighted by molar-refractivity contribution is -0.143. The minimum Gasteiger partial charge on any atom is -0.494 e. The number of carboxylic acids is 1. The smallest absolute Gasteiger partial charge is 0.306 e. The van der Waals surface area contributed by atoms with Gasteiger partial charge < -0.3 is 15.2 Å². The normalized spacial score (nSPS) is 22.4. The van der Waals surface area contributed by atoms with Gasteiger partial charge in [0, 0.05) is 0 Å². The standard InChI is InChI=1S/C27H35NO3/c29-26(30)23-12-15-27(16-13-23)14-11-22-9-10-24(20-25(22)27)31-19-5-18-28-17-4-8-21-6-2-1-3-7-21/h1-3,6-7,9-10,20,23,28H,4-5,8,11-19H2,(H,29,30). The number of nitrogens with one attached hydrogen (secondary N) is 1. The molecule has 2 aromatic rings. The quantitative estimate of drug-likeness (QED) is 0.522. The highest BCUT2D eigenvalue weighted by Crippen LogP contribution is 2.50. The maximum Gasteiger partial charge on any atom is 0.306 e. The Bertz CT molecular complexity index is 856. The lowest BCUT2D eigenvalue weighted by Gasteiger charge is -2.37. The number of hydrogen-bond donors (Lipinski definition) is 2. The van der Waals surface area contributed by atoms with Gasteiger partial charge in [-0.15, -0.1) is 0 Å². The van der Waals surface area contributed by atoms with Crippen LogP contribution in [0, 0.1) is 5.92 Å². The third-order valence-electron chi connectivity index (χ3n) is 7.25. The number of rotatable bonds is 10. The molecule has 2 N–H and O–H groups in total. The number of fused-ring (bicyclic) bond motifs is 2. The van der Waals surface area contributed by atoms with E-state index >= 15 is 0 Å². The Balaban J connectivity index is 1.18. The molecule has 0 heterocycles. The van der Waals surface area contributed by atoms with E-state index in [1.165, 1.54) is 16.7 Å². The first-order valence-corrected chi connectivity index (χ1v) is 11.9. The molecule has 0 atom stereocenters. The molecule has 4 nitrogen and oxygen atoms in total. The Morgan fingerprint density at radius 3 is 2.58 bits per heavy atom. The van der Waals surface area contributed by atoms with Crippen molar-refractivity contribution < 1.29 is 14.6 Å². The van der Waals surface area contributed by atoms with Gasteiger partial charge in [0.05, 0.1) is 12.5 Å². The summed E-state index contributed by atoms with van der Waals surface area (Å²) in [5.41, 5.74) is 4.44. The fourth-order valence-corrected chi connectivity index (χ4v) is 5.38. The molecule has 2 aromatic carbocycles. The molecule has 0 radical (unpaired) electrons. The zero-order valence-corrected chi connectivity index (χ0v) is 18.4. The Morgan fingerprint density at radius 1 is 1.03 bits per heavy atom. The summed E-state index contributed by atoms with van der Waals surface area (Å²) >= 11 is 0. The zero-order valence-electron chi connectivity index (χ0n) is 18.4. The van der Waals surface area contributed by atoms with E-state index in [4.69, 9.17) is 4.74 Å². The number of carboxylic acid groups (broad SMARTS) is 1. The highest BCUT2D eigenvalue weighted by atomic mass is 16.5. The molecule has 0 saturated heterocycles. The third kappa shape index (κ3) is 5.48. The van der Waals surface area contributed by atoms with E-state index < -0.39 is 5.97 Å². The summed E-state index contributed by atoms with van der Waals surface area (Å²) in [5.74, 6) is 0.178. The number of hydrogen-bond acceptors (Lipinski definition) is 3. The Kier molecular flexibility index (Phi) is 7.29. The summed E-state index contributed by atoms with van der Waals surface area (Å²) in [7, 11) is 0. The molecule has 166 valence electrons. The van der Waals surface area contributed by atoms with E-state index in [1.54, 1.807) is 0 Å². The molecular weight excluding hydrogens is 386 g/mol. The van der Waals surface area contributed by atoms with Crippen LogP contribution in [0.15, 0.2) is 48.5 Å². The molecule has 0 aliphatic heterocycles. The van der Waals surface area contributed by atoms with Crippen molar-refractivity contribution in [3.8, 4) is 5.75 Å². The maximum atomic E-state index is 11.3. The van der Waals surface area contributed by atoms with Gasteiger partial charge in [-0.05, 0) is 105 Å². The average molecular weight is 422 g/mol. The fraction of sp³-hybridized carbons (Fsp3) is 0.519. The molecule has 2 aliphatic carbocycles. The molecule has 1 spiro atoms. The van der Waals surface area contributed by atoms with E-state index in [0.717, 1.165) is 83.2 Å². The molecule has 0 amide bonds. The Labute approximate surface area is 186 Å². The summed E-state index contributed by atoms with van der Waals surface area (Å²) in [6, 6.07) is 17.2. The third-order valence-corrected chi connectivity index (χ3v) is 7.25. The minimum absolute atomic E-state index is 0.158. The van der Waals surface area contributed by atoms with E-state index in [-0.39, 0.29) is 11.3 Å². The Morgan fingerprint density at radius 2 is 1.81 bits per heavy atom. The van der Waals surface area contributed by atoms with Crippen molar-refractivity contribution in [2.75, 3.05) is 19.7 Å². The van der Waals surface area contributed by atoms with Crippen LogP contribution in [-0.4, -0.2) is 30.8 Å². The van der Waals surface area contributed by atoms with Crippen molar-refractivity contribution in [1.29, 1.82) is 0 Å². The molecule has 4 heteroatoms. The summed E-state index contributed by atoms with van der Waals surface area (Å²) in [4.78, 5) is 11.3. The van der Waals surface area contributed by atoms with Gasteiger partial charge in [0.2, 0.25) is 0 Å². The summed E-state index contributed by atoms with van der Waals surface area (Å²) in [5, 5.41) is 12.8. The van der Waals surface area contributed by atoms with Gasteiger partial charge in [0.25, 0.3) is 0 Å². The van der Waals surface area contributed by atoms with Gasteiger partial charge in [-0.3, -0.25) is 4.79 Å². The van der Waals surface area contributed by atoms with Crippen LogP contribution in [0.25, 0.3) is 0 Å². The van der Waals surface area contributed by atoms with Gasteiger partial charge in [-0.25, -0.2) is 0 Å². The van der Waals surface area contributed by atoms with E-state index in [1.807, 2.05) is 0 Å². The first-order chi connectivity index (χ1) is 15.2. The average Bonchev–Trinajstić information content (AvgIpc) is 3.14. The zero-order chi connectivity index (χ0) is 21.5. The first kappa shape index (κ1) is 21.9. The van der Waals surface area contributed by atoms with E-state index in [2.05, 4.69) is 53.8 Å². The first-order valence-electron chi connectivity index (χ1n) is 11.9. The van der Waals surface area contributed by atoms with E-state index in [0.29, 0.717) is 0 Å². The lowest BCUT2D eigenvalue weighted by Crippen LogP contribution is -2.32. The monoisotopic (exact) mass is 421 g/mol. The molecule has 0 bridgehead atoms. The van der Waals surface area contributed by atoms with Gasteiger partial charge in [0.1, 0.15) is 5.75 Å². The number of aliphatic carboxylic acids is 1. The second-order valence-electron chi connectivity index (χ2n) is 9.25. The predicted molar refractivity (Wildman–Crippen MR) is 124 cm³/mol. The van der Waals surface area contributed by atoms with Crippen LogP contribution in [-0.2, 0) is 23.1 Å². The van der Waals surface area contributed by atoms with Crippen molar-refractivity contribution >= 4 is 5.97 Å². The maximum absolute atomic E-state index is 11.3. The van der Waals surface area contributed by atoms with Crippen molar-refractivity contribution in [3.05, 3.63) is 65.2 Å². The lowest BCUT2D eigenvalue weighted by atomic mass is 9.67. The predicted octanol–water partition coefficient (Wildman–Crippen LogP) is 5.14. The molecule has 4 rings (SSSR count). The SMILES string of the molecule is O=C(O)C1CCC2(CCc3ccc(OCCCNCCCc4ccccc4)cc32)CC1.